The standard InChI is InChI=1S/C12H13BrN2O2/c1-7-5-9(3-4-10(7)13)15-6-8(2)11(16)14-12(15)17/h3-5,8H,6H2,1-2H3,(H,14,16,17). The Labute approximate surface area is 108 Å². The summed E-state index contributed by atoms with van der Waals surface area (Å²) in [5.74, 6) is -0.392. The van der Waals surface area contributed by atoms with Gasteiger partial charge in [-0.25, -0.2) is 4.79 Å². The molecule has 3 amide bonds. The third-order valence-electron chi connectivity index (χ3n) is 2.83. The Morgan fingerprint density at radius 2 is 2.12 bits per heavy atom. The van der Waals surface area contributed by atoms with Crippen LogP contribution in [0.15, 0.2) is 22.7 Å². The fourth-order valence-corrected chi connectivity index (χ4v) is 2.00. The van der Waals surface area contributed by atoms with Crippen molar-refractivity contribution in [1.82, 2.24) is 5.32 Å². The van der Waals surface area contributed by atoms with Crippen LogP contribution in [-0.4, -0.2) is 18.5 Å². The lowest BCUT2D eigenvalue weighted by Crippen LogP contribution is -2.53. The van der Waals surface area contributed by atoms with E-state index >= 15 is 0 Å². The van der Waals surface area contributed by atoms with Gasteiger partial charge < -0.3 is 0 Å². The number of hydrogen-bond donors (Lipinski definition) is 1. The van der Waals surface area contributed by atoms with Crippen molar-refractivity contribution in [3.63, 3.8) is 0 Å². The highest BCUT2D eigenvalue weighted by molar-refractivity contribution is 9.10. The molecule has 17 heavy (non-hydrogen) atoms. The van der Waals surface area contributed by atoms with Crippen LogP contribution in [0.25, 0.3) is 0 Å². The van der Waals surface area contributed by atoms with Crippen molar-refractivity contribution in [2.45, 2.75) is 13.8 Å². The number of rotatable bonds is 1. The molecule has 0 saturated carbocycles. The van der Waals surface area contributed by atoms with Crippen molar-refractivity contribution >= 4 is 33.6 Å². The molecular formula is C12H13BrN2O2. The molecule has 0 bridgehead atoms. The van der Waals surface area contributed by atoms with Crippen LogP contribution in [0, 0.1) is 12.8 Å². The van der Waals surface area contributed by atoms with Gasteiger partial charge in [-0.15, -0.1) is 0 Å². The van der Waals surface area contributed by atoms with Gasteiger partial charge in [0.1, 0.15) is 0 Å². The molecule has 2 rings (SSSR count). The van der Waals surface area contributed by atoms with Gasteiger partial charge in [-0.05, 0) is 30.7 Å². The molecular weight excluding hydrogens is 284 g/mol. The van der Waals surface area contributed by atoms with Crippen molar-refractivity contribution in [2.75, 3.05) is 11.4 Å². The quantitative estimate of drug-likeness (QED) is 0.865. The Kier molecular flexibility index (Phi) is 3.19. The molecule has 0 radical (unpaired) electrons. The summed E-state index contributed by atoms with van der Waals surface area (Å²) in [6, 6.07) is 5.33. The predicted molar refractivity (Wildman–Crippen MR) is 68.9 cm³/mol. The number of benzene rings is 1. The van der Waals surface area contributed by atoms with Gasteiger partial charge in [-0.3, -0.25) is 15.0 Å². The normalized spacial score (nSPS) is 20.4. The van der Waals surface area contributed by atoms with Gasteiger partial charge in [0.15, 0.2) is 0 Å². The summed E-state index contributed by atoms with van der Waals surface area (Å²) in [5.41, 5.74) is 1.86. The minimum Gasteiger partial charge on any atom is -0.293 e. The second-order valence-corrected chi connectivity index (χ2v) is 5.09. The Hall–Kier alpha value is -1.36. The summed E-state index contributed by atoms with van der Waals surface area (Å²) >= 11 is 3.42. The fraction of sp³-hybridized carbons (Fsp3) is 0.333. The molecule has 0 aromatic heterocycles. The van der Waals surface area contributed by atoms with E-state index in [4.69, 9.17) is 0 Å². The first-order valence-electron chi connectivity index (χ1n) is 5.37. The minimum atomic E-state index is -0.352. The summed E-state index contributed by atoms with van der Waals surface area (Å²) in [4.78, 5) is 24.7. The molecule has 1 unspecified atom stereocenters. The van der Waals surface area contributed by atoms with Crippen LogP contribution < -0.4 is 10.2 Å². The van der Waals surface area contributed by atoms with E-state index < -0.39 is 0 Å². The topological polar surface area (TPSA) is 49.4 Å². The van der Waals surface area contributed by atoms with Crippen LogP contribution in [-0.2, 0) is 4.79 Å². The van der Waals surface area contributed by atoms with Crippen molar-refractivity contribution in [3.05, 3.63) is 28.2 Å². The Morgan fingerprint density at radius 1 is 1.41 bits per heavy atom. The highest BCUT2D eigenvalue weighted by atomic mass is 79.9. The van der Waals surface area contributed by atoms with E-state index in [1.807, 2.05) is 25.1 Å². The number of imide groups is 1. The number of carbonyl (C=O) groups excluding carboxylic acids is 2. The molecule has 1 heterocycles. The van der Waals surface area contributed by atoms with Gasteiger partial charge in [0, 0.05) is 16.7 Å². The molecule has 1 aromatic rings. The largest absolute Gasteiger partial charge is 0.328 e. The summed E-state index contributed by atoms with van der Waals surface area (Å²) in [5, 5.41) is 2.35. The third kappa shape index (κ3) is 2.34. The molecule has 5 heteroatoms. The van der Waals surface area contributed by atoms with Crippen LogP contribution >= 0.6 is 15.9 Å². The number of aryl methyl sites for hydroxylation is 1. The SMILES string of the molecule is Cc1cc(N2CC(C)C(=O)NC2=O)ccc1Br. The van der Waals surface area contributed by atoms with E-state index in [2.05, 4.69) is 21.2 Å². The molecule has 1 fully saturated rings. The molecule has 4 nitrogen and oxygen atoms in total. The van der Waals surface area contributed by atoms with Gasteiger partial charge >= 0.3 is 6.03 Å². The smallest absolute Gasteiger partial charge is 0.293 e. The number of nitrogens with one attached hydrogen (secondary N) is 1. The molecule has 0 spiro atoms. The number of nitrogens with zero attached hydrogens (tertiary/aromatic N) is 1. The molecule has 90 valence electrons. The van der Waals surface area contributed by atoms with Crippen LogP contribution in [0.1, 0.15) is 12.5 Å². The Balaban J connectivity index is 2.30. The third-order valence-corrected chi connectivity index (χ3v) is 3.72. The zero-order valence-corrected chi connectivity index (χ0v) is 11.2. The summed E-state index contributed by atoms with van der Waals surface area (Å²) in [6.07, 6.45) is 0. The van der Waals surface area contributed by atoms with Crippen molar-refractivity contribution in [1.29, 1.82) is 0 Å². The molecule has 1 aromatic carbocycles. The zero-order chi connectivity index (χ0) is 12.6. The summed E-state index contributed by atoms with van der Waals surface area (Å²) in [6.45, 7) is 4.19. The maximum atomic E-state index is 11.7. The number of anilines is 1. The van der Waals surface area contributed by atoms with E-state index in [1.54, 1.807) is 11.8 Å². The average molecular weight is 297 g/mol. The zero-order valence-electron chi connectivity index (χ0n) is 9.66. The molecule has 1 aliphatic heterocycles. The van der Waals surface area contributed by atoms with Crippen LogP contribution in [0.3, 0.4) is 0 Å². The van der Waals surface area contributed by atoms with Gasteiger partial charge in [0.05, 0.1) is 5.92 Å². The second-order valence-electron chi connectivity index (χ2n) is 4.24. The van der Waals surface area contributed by atoms with Crippen molar-refractivity contribution in [3.8, 4) is 0 Å². The van der Waals surface area contributed by atoms with Gasteiger partial charge in [-0.2, -0.15) is 0 Å². The van der Waals surface area contributed by atoms with E-state index in [0.29, 0.717) is 6.54 Å². The number of amides is 3. The first-order valence-corrected chi connectivity index (χ1v) is 6.17. The van der Waals surface area contributed by atoms with E-state index in [1.165, 1.54) is 0 Å². The van der Waals surface area contributed by atoms with Gasteiger partial charge in [0.2, 0.25) is 5.91 Å². The van der Waals surface area contributed by atoms with Crippen LogP contribution in [0.5, 0.6) is 0 Å². The maximum absolute atomic E-state index is 11.7. The number of carbonyl (C=O) groups is 2. The van der Waals surface area contributed by atoms with Crippen molar-refractivity contribution < 1.29 is 9.59 Å². The highest BCUT2D eigenvalue weighted by Gasteiger charge is 2.29. The maximum Gasteiger partial charge on any atom is 0.328 e. The molecule has 1 atom stereocenters. The molecule has 0 aliphatic carbocycles. The Morgan fingerprint density at radius 3 is 2.76 bits per heavy atom. The van der Waals surface area contributed by atoms with Gasteiger partial charge in [-0.1, -0.05) is 22.9 Å². The lowest BCUT2D eigenvalue weighted by Gasteiger charge is -2.30. The second kappa shape index (κ2) is 4.49. The molecule has 1 aliphatic rings. The first kappa shape index (κ1) is 12.1. The lowest BCUT2D eigenvalue weighted by molar-refractivity contribution is -0.123. The first-order chi connectivity index (χ1) is 7.99. The average Bonchev–Trinajstić information content (AvgIpc) is 2.27. The monoisotopic (exact) mass is 296 g/mol. The number of halogens is 1. The van der Waals surface area contributed by atoms with E-state index in [-0.39, 0.29) is 17.9 Å². The van der Waals surface area contributed by atoms with E-state index in [0.717, 1.165) is 15.7 Å². The van der Waals surface area contributed by atoms with Gasteiger partial charge in [0.25, 0.3) is 0 Å². The molecule has 1 saturated heterocycles. The Bertz CT molecular complexity index is 487. The predicted octanol–water partition coefficient (Wildman–Crippen LogP) is 2.45. The van der Waals surface area contributed by atoms with Crippen molar-refractivity contribution in [2.24, 2.45) is 5.92 Å². The lowest BCUT2D eigenvalue weighted by atomic mass is 10.1. The number of urea groups is 1. The fourth-order valence-electron chi connectivity index (χ4n) is 1.76. The molecule has 1 N–H and O–H groups in total. The highest BCUT2D eigenvalue weighted by Crippen LogP contribution is 2.24. The summed E-state index contributed by atoms with van der Waals surface area (Å²) < 4.78 is 1.00. The van der Waals surface area contributed by atoms with Crippen LogP contribution in [0.2, 0.25) is 0 Å². The van der Waals surface area contributed by atoms with E-state index in [9.17, 15) is 9.59 Å². The summed E-state index contributed by atoms with van der Waals surface area (Å²) in [7, 11) is 0. The number of hydrogen-bond acceptors (Lipinski definition) is 2. The minimum absolute atomic E-state index is 0.184. The van der Waals surface area contributed by atoms with Crippen LogP contribution in [0.4, 0.5) is 10.5 Å².